The zero-order valence-electron chi connectivity index (χ0n) is 18.0. The molecule has 1 heteroatoms. The monoisotopic (exact) mass is 380 g/mol. The Balaban J connectivity index is 1.40. The molecular formula is C27H40O. The molecule has 2 fully saturated rings. The van der Waals surface area contributed by atoms with Gasteiger partial charge in [0.1, 0.15) is 0 Å². The number of ether oxygens (including phenoxy) is 1. The molecule has 0 N–H and O–H groups in total. The van der Waals surface area contributed by atoms with Crippen molar-refractivity contribution >= 4 is 0 Å². The van der Waals surface area contributed by atoms with Crippen LogP contribution in [0.15, 0.2) is 49.1 Å². The van der Waals surface area contributed by atoms with Crippen molar-refractivity contribution in [3.05, 3.63) is 60.2 Å². The molecule has 0 unspecified atom stereocenters. The van der Waals surface area contributed by atoms with E-state index in [1.807, 2.05) is 0 Å². The van der Waals surface area contributed by atoms with Crippen molar-refractivity contribution in [3.8, 4) is 0 Å². The Morgan fingerprint density at radius 3 is 2.14 bits per heavy atom. The highest BCUT2D eigenvalue weighted by Gasteiger charge is 2.30. The molecule has 1 nitrogen and oxygen atoms in total. The van der Waals surface area contributed by atoms with E-state index in [0.29, 0.717) is 0 Å². The fraction of sp³-hybridized carbons (Fsp3) is 0.630. The summed E-state index contributed by atoms with van der Waals surface area (Å²) in [5.41, 5.74) is 2.83. The second-order valence-corrected chi connectivity index (χ2v) is 9.05. The molecule has 3 rings (SSSR count). The van der Waals surface area contributed by atoms with Crippen LogP contribution in [-0.2, 0) is 11.3 Å². The molecule has 0 bridgehead atoms. The summed E-state index contributed by atoms with van der Waals surface area (Å²) in [7, 11) is 0. The normalized spacial score (nSPS) is 28.5. The van der Waals surface area contributed by atoms with Crippen LogP contribution in [0.5, 0.6) is 0 Å². The lowest BCUT2D eigenvalue weighted by atomic mass is 9.68. The van der Waals surface area contributed by atoms with Gasteiger partial charge in [-0.25, -0.2) is 0 Å². The van der Waals surface area contributed by atoms with E-state index < -0.39 is 0 Å². The standard InChI is InChI=1S/C27H40O/c1-3-5-6-20-28-21-23-10-14-25(15-11-23)27-18-16-26(17-19-27)24-12-8-22(7-4-2)9-13-24/h4-6,10-11,14-15,22,24,26-27H,2-3,7-9,12-13,16-21H2,1H3/b6-5+/t22-,24-,26?,27?. The molecule has 0 aliphatic heterocycles. The van der Waals surface area contributed by atoms with Gasteiger partial charge in [0.25, 0.3) is 0 Å². The van der Waals surface area contributed by atoms with Crippen LogP contribution in [0.4, 0.5) is 0 Å². The van der Waals surface area contributed by atoms with E-state index in [2.05, 4.69) is 56.0 Å². The molecular weight excluding hydrogens is 340 g/mol. The highest BCUT2D eigenvalue weighted by atomic mass is 16.5. The van der Waals surface area contributed by atoms with Crippen LogP contribution in [0.3, 0.4) is 0 Å². The van der Waals surface area contributed by atoms with Crippen LogP contribution < -0.4 is 0 Å². The number of benzene rings is 1. The van der Waals surface area contributed by atoms with Crippen molar-refractivity contribution in [3.63, 3.8) is 0 Å². The van der Waals surface area contributed by atoms with Gasteiger partial charge < -0.3 is 4.74 Å². The molecule has 0 heterocycles. The van der Waals surface area contributed by atoms with Crippen LogP contribution in [-0.4, -0.2) is 6.61 Å². The fourth-order valence-corrected chi connectivity index (χ4v) is 5.42. The highest BCUT2D eigenvalue weighted by molar-refractivity contribution is 5.25. The predicted molar refractivity (Wildman–Crippen MR) is 120 cm³/mol. The quantitative estimate of drug-likeness (QED) is 0.313. The van der Waals surface area contributed by atoms with Gasteiger partial charge >= 0.3 is 0 Å². The average molecular weight is 381 g/mol. The van der Waals surface area contributed by atoms with Crippen molar-refractivity contribution in [2.75, 3.05) is 6.61 Å². The topological polar surface area (TPSA) is 9.23 Å². The first-order valence-electron chi connectivity index (χ1n) is 11.7. The number of allylic oxidation sites excluding steroid dienone is 2. The Labute approximate surface area is 173 Å². The van der Waals surface area contributed by atoms with Gasteiger partial charge in [0.2, 0.25) is 0 Å². The van der Waals surface area contributed by atoms with Crippen LogP contribution in [0.2, 0.25) is 0 Å². The maximum Gasteiger partial charge on any atom is 0.0721 e. The van der Waals surface area contributed by atoms with Gasteiger partial charge in [0.15, 0.2) is 0 Å². The zero-order valence-corrected chi connectivity index (χ0v) is 18.0. The average Bonchev–Trinajstić information content (AvgIpc) is 2.75. The van der Waals surface area contributed by atoms with Gasteiger partial charge in [0.05, 0.1) is 13.2 Å². The van der Waals surface area contributed by atoms with Crippen LogP contribution in [0, 0.1) is 17.8 Å². The molecule has 0 saturated heterocycles. The summed E-state index contributed by atoms with van der Waals surface area (Å²) in [6.45, 7) is 7.51. The first-order chi connectivity index (χ1) is 13.8. The SMILES string of the molecule is C=CC[C@H]1CC[C@H](C2CCC(c3ccc(COC/C=C/CC)cc3)CC2)CC1. The van der Waals surface area contributed by atoms with Gasteiger partial charge in [-0.1, -0.05) is 49.4 Å². The summed E-state index contributed by atoms with van der Waals surface area (Å²) in [5.74, 6) is 3.69. The lowest BCUT2D eigenvalue weighted by molar-refractivity contribution is 0.148. The largest absolute Gasteiger partial charge is 0.373 e. The van der Waals surface area contributed by atoms with Gasteiger partial charge in [-0.2, -0.15) is 0 Å². The van der Waals surface area contributed by atoms with Crippen LogP contribution in [0.25, 0.3) is 0 Å². The maximum absolute atomic E-state index is 5.72. The number of hydrogen-bond donors (Lipinski definition) is 0. The Morgan fingerprint density at radius 2 is 1.54 bits per heavy atom. The molecule has 2 aliphatic carbocycles. The molecule has 154 valence electrons. The van der Waals surface area contributed by atoms with Gasteiger partial charge in [-0.15, -0.1) is 6.58 Å². The van der Waals surface area contributed by atoms with Gasteiger partial charge in [-0.3, -0.25) is 0 Å². The van der Waals surface area contributed by atoms with E-state index in [0.717, 1.165) is 43.3 Å². The lowest BCUT2D eigenvalue weighted by Gasteiger charge is -2.38. The molecule has 0 atom stereocenters. The van der Waals surface area contributed by atoms with E-state index in [4.69, 9.17) is 4.74 Å². The first kappa shape index (κ1) is 21.4. The fourth-order valence-electron chi connectivity index (χ4n) is 5.42. The third-order valence-electron chi connectivity index (χ3n) is 7.17. The predicted octanol–water partition coefficient (Wildman–Crippen LogP) is 7.83. The van der Waals surface area contributed by atoms with Gasteiger partial charge in [0, 0.05) is 0 Å². The summed E-state index contributed by atoms with van der Waals surface area (Å²) in [6, 6.07) is 9.25. The molecule has 0 spiro atoms. The Bertz CT molecular complexity index is 583. The third kappa shape index (κ3) is 6.34. The van der Waals surface area contributed by atoms with E-state index in [1.165, 1.54) is 63.4 Å². The number of rotatable bonds is 9. The third-order valence-corrected chi connectivity index (χ3v) is 7.17. The molecule has 0 aromatic heterocycles. The molecule has 2 saturated carbocycles. The molecule has 2 aliphatic rings. The van der Waals surface area contributed by atoms with E-state index in [-0.39, 0.29) is 0 Å². The van der Waals surface area contributed by atoms with Crippen LogP contribution in [0.1, 0.15) is 88.2 Å². The first-order valence-corrected chi connectivity index (χ1v) is 11.7. The minimum absolute atomic E-state index is 0.717. The minimum Gasteiger partial charge on any atom is -0.373 e. The molecule has 0 radical (unpaired) electrons. The van der Waals surface area contributed by atoms with E-state index in [1.54, 1.807) is 5.56 Å². The molecule has 28 heavy (non-hydrogen) atoms. The highest BCUT2D eigenvalue weighted by Crippen LogP contribution is 2.44. The summed E-state index contributed by atoms with van der Waals surface area (Å²) in [6.07, 6.45) is 20.2. The van der Waals surface area contributed by atoms with Crippen molar-refractivity contribution < 1.29 is 4.74 Å². The molecule has 1 aromatic carbocycles. The number of hydrogen-bond acceptors (Lipinski definition) is 1. The van der Waals surface area contributed by atoms with Crippen LogP contribution >= 0.6 is 0 Å². The Kier molecular flexibility index (Phi) is 8.86. The summed E-state index contributed by atoms with van der Waals surface area (Å²) in [5, 5.41) is 0. The summed E-state index contributed by atoms with van der Waals surface area (Å²) < 4.78 is 5.72. The van der Waals surface area contributed by atoms with Crippen molar-refractivity contribution in [1.29, 1.82) is 0 Å². The van der Waals surface area contributed by atoms with Crippen molar-refractivity contribution in [1.82, 2.24) is 0 Å². The summed E-state index contributed by atoms with van der Waals surface area (Å²) in [4.78, 5) is 0. The second kappa shape index (κ2) is 11.6. The summed E-state index contributed by atoms with van der Waals surface area (Å²) >= 11 is 0. The molecule has 0 amide bonds. The second-order valence-electron chi connectivity index (χ2n) is 9.05. The van der Waals surface area contributed by atoms with Gasteiger partial charge in [-0.05, 0) is 99.0 Å². The smallest absolute Gasteiger partial charge is 0.0721 e. The molecule has 1 aromatic rings. The van der Waals surface area contributed by atoms with E-state index in [9.17, 15) is 0 Å². The maximum atomic E-state index is 5.72. The van der Waals surface area contributed by atoms with Crippen molar-refractivity contribution in [2.24, 2.45) is 17.8 Å². The Morgan fingerprint density at radius 1 is 0.893 bits per heavy atom. The Hall–Kier alpha value is -1.34. The minimum atomic E-state index is 0.717. The lowest BCUT2D eigenvalue weighted by Crippen LogP contribution is -2.25. The zero-order chi connectivity index (χ0) is 19.6. The van der Waals surface area contributed by atoms with Crippen molar-refractivity contribution in [2.45, 2.75) is 83.7 Å². The van der Waals surface area contributed by atoms with E-state index >= 15 is 0 Å².